The smallest absolute Gasteiger partial charge is 0.451 e. The van der Waals surface area contributed by atoms with Crippen LogP contribution in [0, 0.1) is 5.41 Å². The van der Waals surface area contributed by atoms with E-state index >= 15 is 0 Å². The number of carbonyl (C=O) groups is 3. The van der Waals surface area contributed by atoms with E-state index in [0.717, 1.165) is 16.9 Å². The summed E-state index contributed by atoms with van der Waals surface area (Å²) in [4.78, 5) is 42.2. The first kappa shape index (κ1) is 24.9. The fourth-order valence-corrected chi connectivity index (χ4v) is 2.75. The van der Waals surface area contributed by atoms with Crippen molar-refractivity contribution in [1.82, 2.24) is 9.96 Å². The second-order valence-electron chi connectivity index (χ2n) is 6.73. The van der Waals surface area contributed by atoms with E-state index in [1.54, 1.807) is 6.92 Å². The van der Waals surface area contributed by atoms with Gasteiger partial charge >= 0.3 is 18.0 Å². The fourth-order valence-electron chi connectivity index (χ4n) is 2.75. The van der Waals surface area contributed by atoms with E-state index in [9.17, 15) is 19.5 Å². The Kier molecular flexibility index (Phi) is 11.0. The third-order valence-electron chi connectivity index (χ3n) is 4.43. The average Bonchev–Trinajstić information content (AvgIpc) is 2.72. The van der Waals surface area contributed by atoms with Crippen LogP contribution in [0.15, 0.2) is 30.3 Å². The maximum absolute atomic E-state index is 12.3. The standard InChI is InChI=1S/C21H31N3O6/c1-4-6-14-17(19(26)27)23(3)20(22)24(21(28)29-5-2)30-18(25)15-10-13-16-11-8-7-9-12-16/h7-9,11-12,17,22H,4-6,10,13-15H2,1-3H3,(H,26,27). The van der Waals surface area contributed by atoms with E-state index in [0.29, 0.717) is 24.3 Å². The highest BCUT2D eigenvalue weighted by Crippen LogP contribution is 2.13. The number of nitrogens with zero attached hydrogens (tertiary/aromatic N) is 2. The lowest BCUT2D eigenvalue weighted by molar-refractivity contribution is -0.169. The van der Waals surface area contributed by atoms with Gasteiger partial charge in [-0.2, -0.15) is 0 Å². The van der Waals surface area contributed by atoms with Gasteiger partial charge in [0.05, 0.1) is 6.61 Å². The normalized spacial score (nSPS) is 11.3. The molecule has 1 rings (SSSR count). The number of unbranched alkanes of at least 4 members (excludes halogenated alkanes) is 1. The maximum atomic E-state index is 12.3. The number of guanidine groups is 1. The number of carboxylic acids is 1. The van der Waals surface area contributed by atoms with Crippen molar-refractivity contribution < 1.29 is 29.1 Å². The first-order chi connectivity index (χ1) is 14.3. The fraction of sp³-hybridized carbons (Fsp3) is 0.524. The molecule has 0 heterocycles. The Morgan fingerprint density at radius 1 is 1.13 bits per heavy atom. The Morgan fingerprint density at radius 3 is 2.37 bits per heavy atom. The summed E-state index contributed by atoms with van der Waals surface area (Å²) in [6, 6.07) is 8.58. The molecule has 0 aliphatic heterocycles. The van der Waals surface area contributed by atoms with Crippen molar-refractivity contribution in [1.29, 1.82) is 5.41 Å². The van der Waals surface area contributed by atoms with Crippen LogP contribution in [-0.4, -0.2) is 58.8 Å². The molecule has 9 heteroatoms. The van der Waals surface area contributed by atoms with E-state index in [-0.39, 0.29) is 19.4 Å². The van der Waals surface area contributed by atoms with Crippen molar-refractivity contribution in [2.24, 2.45) is 0 Å². The number of aryl methyl sites for hydroxylation is 1. The summed E-state index contributed by atoms with van der Waals surface area (Å²) < 4.78 is 4.87. The van der Waals surface area contributed by atoms with Crippen LogP contribution in [0.4, 0.5) is 4.79 Å². The molecule has 0 bridgehead atoms. The molecule has 1 unspecified atom stereocenters. The molecule has 0 aliphatic carbocycles. The first-order valence-electron chi connectivity index (χ1n) is 10.1. The third kappa shape index (κ3) is 8.10. The number of rotatable bonds is 10. The number of aliphatic carboxylic acids is 1. The third-order valence-corrected chi connectivity index (χ3v) is 4.43. The molecule has 0 spiro atoms. The zero-order valence-corrected chi connectivity index (χ0v) is 17.8. The van der Waals surface area contributed by atoms with Crippen LogP contribution in [0.3, 0.4) is 0 Å². The molecule has 0 saturated carbocycles. The Hall–Kier alpha value is -3.10. The largest absolute Gasteiger partial charge is 0.480 e. The number of hydrogen-bond donors (Lipinski definition) is 2. The molecular formula is C21H31N3O6. The summed E-state index contributed by atoms with van der Waals surface area (Å²) in [6.45, 7) is 3.51. The van der Waals surface area contributed by atoms with E-state index in [1.807, 2.05) is 37.3 Å². The van der Waals surface area contributed by atoms with Gasteiger partial charge in [-0.15, -0.1) is 0 Å². The molecule has 9 nitrogen and oxygen atoms in total. The number of amides is 1. The van der Waals surface area contributed by atoms with Gasteiger partial charge in [0.2, 0.25) is 5.96 Å². The highest BCUT2D eigenvalue weighted by molar-refractivity contribution is 5.94. The van der Waals surface area contributed by atoms with Gasteiger partial charge in [0, 0.05) is 13.5 Å². The quantitative estimate of drug-likeness (QED) is 0.337. The molecule has 2 N–H and O–H groups in total. The molecule has 166 valence electrons. The van der Waals surface area contributed by atoms with Gasteiger partial charge in [-0.1, -0.05) is 55.2 Å². The van der Waals surface area contributed by atoms with Gasteiger partial charge in [-0.05, 0) is 31.7 Å². The van der Waals surface area contributed by atoms with Crippen LogP contribution < -0.4 is 0 Å². The van der Waals surface area contributed by atoms with Crippen molar-refractivity contribution in [3.63, 3.8) is 0 Å². The van der Waals surface area contributed by atoms with Crippen LogP contribution in [0.5, 0.6) is 0 Å². The summed E-state index contributed by atoms with van der Waals surface area (Å²) in [5, 5.41) is 18.1. The average molecular weight is 421 g/mol. The van der Waals surface area contributed by atoms with Crippen molar-refractivity contribution in [3.8, 4) is 0 Å². The molecule has 0 radical (unpaired) electrons. The van der Waals surface area contributed by atoms with Crippen LogP contribution in [0.2, 0.25) is 0 Å². The molecule has 30 heavy (non-hydrogen) atoms. The molecular weight excluding hydrogens is 390 g/mol. The minimum Gasteiger partial charge on any atom is -0.480 e. The molecule has 0 saturated heterocycles. The summed E-state index contributed by atoms with van der Waals surface area (Å²) in [5.74, 6) is -2.42. The van der Waals surface area contributed by atoms with Gasteiger partial charge in [0.25, 0.3) is 0 Å². The highest BCUT2D eigenvalue weighted by atomic mass is 16.8. The number of likely N-dealkylation sites (N-methyl/N-ethyl adjacent to an activating group) is 1. The van der Waals surface area contributed by atoms with Gasteiger partial charge in [0.15, 0.2) is 0 Å². The maximum Gasteiger partial charge on any atom is 0.451 e. The molecule has 0 aliphatic rings. The first-order valence-corrected chi connectivity index (χ1v) is 10.1. The number of carbonyl (C=O) groups excluding carboxylic acids is 2. The summed E-state index contributed by atoms with van der Waals surface area (Å²) >= 11 is 0. The number of hydroxylamine groups is 2. The van der Waals surface area contributed by atoms with Gasteiger partial charge < -0.3 is 19.6 Å². The number of ether oxygens (including phenoxy) is 1. The predicted molar refractivity (Wildman–Crippen MR) is 111 cm³/mol. The van der Waals surface area contributed by atoms with Gasteiger partial charge in [-0.25, -0.2) is 14.4 Å². The molecule has 1 amide bonds. The molecule has 0 fully saturated rings. The van der Waals surface area contributed by atoms with Crippen molar-refractivity contribution >= 4 is 24.0 Å². The Morgan fingerprint density at radius 2 is 1.80 bits per heavy atom. The number of benzene rings is 1. The topological polar surface area (TPSA) is 120 Å². The van der Waals surface area contributed by atoms with Crippen molar-refractivity contribution in [2.45, 2.75) is 58.4 Å². The lowest BCUT2D eigenvalue weighted by Gasteiger charge is -2.31. The molecule has 1 aromatic rings. The second kappa shape index (κ2) is 13.2. The van der Waals surface area contributed by atoms with Crippen molar-refractivity contribution in [2.75, 3.05) is 13.7 Å². The second-order valence-corrected chi connectivity index (χ2v) is 6.73. The van der Waals surface area contributed by atoms with Crippen LogP contribution in [0.25, 0.3) is 0 Å². The lowest BCUT2D eigenvalue weighted by atomic mass is 10.1. The predicted octanol–water partition coefficient (Wildman–Crippen LogP) is 3.44. The van der Waals surface area contributed by atoms with E-state index in [2.05, 4.69) is 0 Å². The zero-order chi connectivity index (χ0) is 22.5. The summed E-state index contributed by atoms with van der Waals surface area (Å²) in [7, 11) is 1.37. The Bertz CT molecular complexity index is 710. The van der Waals surface area contributed by atoms with E-state index < -0.39 is 30.0 Å². The highest BCUT2D eigenvalue weighted by Gasteiger charge is 2.33. The summed E-state index contributed by atoms with van der Waals surface area (Å²) in [6.07, 6.45) is 1.83. The lowest BCUT2D eigenvalue weighted by Crippen LogP contribution is -2.52. The van der Waals surface area contributed by atoms with Crippen LogP contribution >= 0.6 is 0 Å². The number of hydrogen-bond acceptors (Lipinski definition) is 6. The van der Waals surface area contributed by atoms with Gasteiger partial charge in [0.1, 0.15) is 6.04 Å². The Labute approximate surface area is 177 Å². The number of nitrogens with one attached hydrogen (secondary N) is 1. The summed E-state index contributed by atoms with van der Waals surface area (Å²) in [5.41, 5.74) is 1.07. The monoisotopic (exact) mass is 421 g/mol. The van der Waals surface area contributed by atoms with E-state index in [1.165, 1.54) is 7.05 Å². The van der Waals surface area contributed by atoms with E-state index in [4.69, 9.17) is 15.0 Å². The minimum atomic E-state index is -1.13. The Balaban J connectivity index is 2.78. The number of carboxylic acid groups (broad SMARTS) is 1. The molecule has 0 aromatic heterocycles. The van der Waals surface area contributed by atoms with Crippen molar-refractivity contribution in [3.05, 3.63) is 35.9 Å². The SMILES string of the molecule is CCCCC(C(=O)O)N(C)C(=N)N(OC(=O)CCCc1ccccc1)C(=O)OCC. The van der Waals surface area contributed by atoms with Gasteiger partial charge in [-0.3, -0.25) is 5.41 Å². The minimum absolute atomic E-state index is 0.01000. The van der Waals surface area contributed by atoms with Crippen LogP contribution in [0.1, 0.15) is 51.5 Å². The molecule has 1 aromatic carbocycles. The molecule has 1 atom stereocenters. The zero-order valence-electron chi connectivity index (χ0n) is 17.8. The van der Waals surface area contributed by atoms with Crippen LogP contribution in [-0.2, 0) is 25.6 Å².